The van der Waals surface area contributed by atoms with Crippen LogP contribution in [0.5, 0.6) is 0 Å². The molecular weight excluding hydrogens is 1030 g/mol. The van der Waals surface area contributed by atoms with E-state index in [0.717, 1.165) is 85.9 Å². The normalized spacial score (nSPS) is 39.9. The van der Waals surface area contributed by atoms with E-state index in [1.807, 2.05) is 33.8 Å². The lowest BCUT2D eigenvalue weighted by molar-refractivity contribution is -0.164. The quantitative estimate of drug-likeness (QED) is 0.0443. The van der Waals surface area contributed by atoms with Crippen LogP contribution in [-0.4, -0.2) is 112 Å². The molecule has 24 atom stereocenters. The van der Waals surface area contributed by atoms with Crippen molar-refractivity contribution in [3.05, 3.63) is 0 Å². The van der Waals surface area contributed by atoms with Crippen LogP contribution in [0.15, 0.2) is 0 Å². The number of hydrogen-bond acceptors (Lipinski definition) is 14. The SMILES string of the molecule is CC1C(C)C2CC1C1C3CC(C(=O)OC(C)(C)C)C(C3)C21.CC1C2CC(C(=O)NCC(=O)OCCC#N)C(C2)C1C.CC1C2CC(C(=O)NCC(=O)OCCO)C(C2)C1C.CCOCCOC(=O)CNC(=O)C1CC2CC1C(C)C2C. The van der Waals surface area contributed by atoms with Crippen molar-refractivity contribution >= 4 is 41.6 Å². The Hall–Kier alpha value is -4.30. The van der Waals surface area contributed by atoms with Crippen LogP contribution in [0.3, 0.4) is 0 Å². The fourth-order valence-electron chi connectivity index (χ4n) is 18.4. The van der Waals surface area contributed by atoms with E-state index in [1.54, 1.807) is 0 Å². The predicted octanol–water partition coefficient (Wildman–Crippen LogP) is 7.80. The van der Waals surface area contributed by atoms with Crippen LogP contribution < -0.4 is 16.0 Å². The van der Waals surface area contributed by atoms with Gasteiger partial charge in [-0.15, -0.1) is 0 Å². The Morgan fingerprint density at radius 3 is 1.23 bits per heavy atom. The molecule has 17 heteroatoms. The number of aliphatic hydroxyl groups excluding tert-OH is 1. The fourth-order valence-corrected chi connectivity index (χ4v) is 18.4. The molecule has 10 saturated carbocycles. The lowest BCUT2D eigenvalue weighted by Crippen LogP contribution is -2.42. The van der Waals surface area contributed by atoms with Gasteiger partial charge in [0.15, 0.2) is 0 Å². The number of nitrogens with one attached hydrogen (secondary N) is 3. The summed E-state index contributed by atoms with van der Waals surface area (Å²) in [6.07, 6.45) is 10.4. The van der Waals surface area contributed by atoms with Gasteiger partial charge in [-0.25, -0.2) is 0 Å². The van der Waals surface area contributed by atoms with Gasteiger partial charge in [0.25, 0.3) is 0 Å². The highest BCUT2D eigenvalue weighted by Gasteiger charge is 2.67. The van der Waals surface area contributed by atoms with Crippen LogP contribution in [0.25, 0.3) is 0 Å². The summed E-state index contributed by atoms with van der Waals surface area (Å²) in [5.74, 6) is 13.4. The molecule has 10 rings (SSSR count). The molecule has 0 saturated heterocycles. The molecule has 0 aromatic heterocycles. The smallest absolute Gasteiger partial charge is 0.325 e. The van der Waals surface area contributed by atoms with Gasteiger partial charge in [0.1, 0.15) is 45.1 Å². The lowest BCUT2D eigenvalue weighted by atomic mass is 9.62. The number of nitriles is 1. The van der Waals surface area contributed by atoms with Crippen molar-refractivity contribution in [2.45, 2.75) is 153 Å². The van der Waals surface area contributed by atoms with E-state index in [0.29, 0.717) is 84.2 Å². The van der Waals surface area contributed by atoms with Crippen molar-refractivity contribution in [2.24, 2.45) is 142 Å². The zero-order chi connectivity index (χ0) is 59.2. The zero-order valence-electron chi connectivity index (χ0n) is 51.1. The molecule has 10 aliphatic carbocycles. The number of ether oxygens (including phenoxy) is 5. The Bertz CT molecular complexity index is 2240. The number of hydrogen-bond donors (Lipinski definition) is 4. The van der Waals surface area contributed by atoms with Crippen molar-refractivity contribution in [2.75, 3.05) is 59.3 Å². The predicted molar refractivity (Wildman–Crippen MR) is 302 cm³/mol. The third-order valence-corrected chi connectivity index (χ3v) is 23.0. The fraction of sp³-hybridized carbons (Fsp3) is 0.875. The van der Waals surface area contributed by atoms with E-state index < -0.39 is 17.9 Å². The average molecular weight is 1140 g/mol. The number of carbonyl (C=O) groups is 7. The van der Waals surface area contributed by atoms with E-state index in [1.165, 1.54) is 19.3 Å². The van der Waals surface area contributed by atoms with Gasteiger partial charge >= 0.3 is 23.9 Å². The first-order chi connectivity index (χ1) is 38.4. The molecule has 3 amide bonds. The molecule has 0 spiro atoms. The Balaban J connectivity index is 0.000000156. The number of amides is 3. The molecule has 10 bridgehead atoms. The van der Waals surface area contributed by atoms with Gasteiger partial charge in [-0.05, 0) is 204 Å². The van der Waals surface area contributed by atoms with E-state index in [-0.39, 0.29) is 105 Å². The monoisotopic (exact) mass is 1130 g/mol. The largest absolute Gasteiger partial charge is 0.463 e. The van der Waals surface area contributed by atoms with Gasteiger partial charge in [-0.3, -0.25) is 33.6 Å². The van der Waals surface area contributed by atoms with Crippen molar-refractivity contribution in [1.82, 2.24) is 16.0 Å². The Kier molecular flexibility index (Phi) is 22.3. The van der Waals surface area contributed by atoms with Crippen LogP contribution in [0.2, 0.25) is 0 Å². The Labute approximate surface area is 483 Å². The van der Waals surface area contributed by atoms with Gasteiger partial charge in [0, 0.05) is 24.4 Å². The summed E-state index contributed by atoms with van der Waals surface area (Å²) in [6.45, 7) is 27.2. The summed E-state index contributed by atoms with van der Waals surface area (Å²) < 4.78 is 25.3. The van der Waals surface area contributed by atoms with Crippen LogP contribution >= 0.6 is 0 Å². The van der Waals surface area contributed by atoms with Crippen LogP contribution in [0.4, 0.5) is 0 Å². The van der Waals surface area contributed by atoms with E-state index in [2.05, 4.69) is 71.3 Å². The molecule has 81 heavy (non-hydrogen) atoms. The third kappa shape index (κ3) is 14.8. The highest BCUT2D eigenvalue weighted by molar-refractivity contribution is 5.85. The minimum absolute atomic E-state index is 0.0165. The van der Waals surface area contributed by atoms with Gasteiger partial charge in [-0.2, -0.15) is 5.26 Å². The summed E-state index contributed by atoms with van der Waals surface area (Å²) >= 11 is 0. The first kappa shape index (κ1) is 64.3. The summed E-state index contributed by atoms with van der Waals surface area (Å²) in [4.78, 5) is 83.2. The van der Waals surface area contributed by atoms with Gasteiger partial charge in [0.05, 0.1) is 31.6 Å². The van der Waals surface area contributed by atoms with Crippen molar-refractivity contribution in [3.63, 3.8) is 0 Å². The second kappa shape index (κ2) is 28.1. The molecule has 0 aromatic rings. The molecule has 17 nitrogen and oxygen atoms in total. The molecule has 10 aliphatic rings. The van der Waals surface area contributed by atoms with Crippen molar-refractivity contribution in [3.8, 4) is 6.07 Å². The molecule has 456 valence electrons. The molecule has 0 aliphatic heterocycles. The summed E-state index contributed by atoms with van der Waals surface area (Å²) in [5, 5.41) is 24.9. The van der Waals surface area contributed by atoms with Gasteiger partial charge < -0.3 is 44.7 Å². The minimum Gasteiger partial charge on any atom is -0.463 e. The highest BCUT2D eigenvalue weighted by Crippen LogP contribution is 2.71. The molecule has 24 unspecified atom stereocenters. The third-order valence-electron chi connectivity index (χ3n) is 23.0. The van der Waals surface area contributed by atoms with Crippen LogP contribution in [0, 0.1) is 153 Å². The van der Waals surface area contributed by atoms with Gasteiger partial charge in [-0.1, -0.05) is 55.4 Å². The average Bonchev–Trinajstić information content (AvgIpc) is 3.65. The van der Waals surface area contributed by atoms with Crippen LogP contribution in [-0.2, 0) is 57.2 Å². The Morgan fingerprint density at radius 2 is 0.852 bits per heavy atom. The van der Waals surface area contributed by atoms with E-state index >= 15 is 0 Å². The topological polar surface area (TPSA) is 246 Å². The molecular formula is C64H102N4O13. The lowest BCUT2D eigenvalue weighted by Gasteiger charge is -2.43. The first-order valence-electron chi connectivity index (χ1n) is 31.5. The second-order valence-corrected chi connectivity index (χ2v) is 27.8. The minimum atomic E-state index is -0.494. The number of rotatable bonds is 18. The standard InChI is InChI=1S/C19H30O2.C16H27NO4.C15H22N2O3.C14H23NO4/c1-9-10(2)13-8-12(9)16-11-6-14(17(13)16)15(7-11)18(20)21-19(3,4)5;1-4-20-5-6-21-15(18)9-17-16(19)14-8-12-7-13(14)11(3)10(12)2;1-9-10(2)12-6-11(9)7-13(12)15(19)17-8-14(18)20-5-3-4-16;1-8-9(2)11-5-10(8)6-12(11)14(18)15-7-13(17)19-4-3-16/h9-17H,6-8H2,1-5H3;10-14H,4-9H2,1-3H3,(H,17,19);9-13H,3,5-8H2,1-2H3,(H,17,19);8-12,16H,3-7H2,1-2H3,(H,15,18). The summed E-state index contributed by atoms with van der Waals surface area (Å²) in [6, 6.07) is 1.90. The molecule has 4 N–H and O–H groups in total. The molecule has 0 radical (unpaired) electrons. The second-order valence-electron chi connectivity index (χ2n) is 27.8. The van der Waals surface area contributed by atoms with Gasteiger partial charge in [0.2, 0.25) is 17.7 Å². The Morgan fingerprint density at radius 1 is 0.469 bits per heavy atom. The molecule has 0 heterocycles. The number of fused-ring (bicyclic) bond motifs is 15. The maximum atomic E-state index is 12.6. The molecule has 10 fully saturated rings. The zero-order valence-corrected chi connectivity index (χ0v) is 51.1. The first-order valence-corrected chi connectivity index (χ1v) is 31.5. The summed E-state index contributed by atoms with van der Waals surface area (Å²) in [5.41, 5.74) is -0.338. The van der Waals surface area contributed by atoms with Crippen molar-refractivity contribution < 1.29 is 62.4 Å². The number of carbonyl (C=O) groups excluding carboxylic acids is 7. The number of esters is 4. The summed E-state index contributed by atoms with van der Waals surface area (Å²) in [7, 11) is 0. The maximum Gasteiger partial charge on any atom is 0.325 e. The van der Waals surface area contributed by atoms with E-state index in [4.69, 9.17) is 34.1 Å². The highest BCUT2D eigenvalue weighted by atomic mass is 16.6. The number of aliphatic hydroxyl groups is 1. The molecule has 0 aromatic carbocycles. The van der Waals surface area contributed by atoms with E-state index in [9.17, 15) is 33.6 Å². The van der Waals surface area contributed by atoms with Crippen LogP contribution in [0.1, 0.15) is 147 Å². The maximum absolute atomic E-state index is 12.6. The van der Waals surface area contributed by atoms with Crippen molar-refractivity contribution in [1.29, 1.82) is 5.26 Å². The number of nitrogens with zero attached hydrogens (tertiary/aromatic N) is 1.